The van der Waals surface area contributed by atoms with Crippen LogP contribution in [0.15, 0.2) is 33.7 Å². The van der Waals surface area contributed by atoms with Crippen LogP contribution in [0.2, 0.25) is 0 Å². The molecule has 1 aliphatic carbocycles. The van der Waals surface area contributed by atoms with Crippen LogP contribution >= 0.6 is 0 Å². The topological polar surface area (TPSA) is 114 Å². The minimum absolute atomic E-state index is 0.0775. The molecule has 3 rings (SSSR count). The molecule has 1 aromatic heterocycles. The van der Waals surface area contributed by atoms with Gasteiger partial charge in [0.2, 0.25) is 15.9 Å². The average Bonchev–Trinajstić information content (AvgIpc) is 3.36. The van der Waals surface area contributed by atoms with Crippen LogP contribution in [0.3, 0.4) is 0 Å². The van der Waals surface area contributed by atoms with Gasteiger partial charge in [-0.1, -0.05) is 11.2 Å². The molecule has 1 amide bonds. The first-order valence-electron chi connectivity index (χ1n) is 7.76. The number of rotatable bonds is 8. The molecule has 0 aliphatic heterocycles. The summed E-state index contributed by atoms with van der Waals surface area (Å²) in [7, 11) is -3.86. The van der Waals surface area contributed by atoms with E-state index in [1.54, 1.807) is 0 Å². The van der Waals surface area contributed by atoms with Crippen LogP contribution in [0.5, 0.6) is 0 Å². The molecule has 2 N–H and O–H groups in total. The highest BCUT2D eigenvalue weighted by Crippen LogP contribution is 2.38. The van der Waals surface area contributed by atoms with E-state index in [-0.39, 0.29) is 35.3 Å². The highest BCUT2D eigenvalue weighted by molar-refractivity contribution is 7.89. The van der Waals surface area contributed by atoms with Crippen LogP contribution in [0.25, 0.3) is 0 Å². The van der Waals surface area contributed by atoms with Crippen molar-refractivity contribution in [1.29, 1.82) is 0 Å². The number of halogens is 1. The molecule has 0 unspecified atom stereocenters. The first kappa shape index (κ1) is 17.5. The zero-order chi connectivity index (χ0) is 17.9. The fourth-order valence-corrected chi connectivity index (χ4v) is 3.17. The van der Waals surface area contributed by atoms with Gasteiger partial charge in [0.25, 0.3) is 5.91 Å². The van der Waals surface area contributed by atoms with Crippen LogP contribution in [0.4, 0.5) is 4.39 Å². The van der Waals surface area contributed by atoms with Crippen molar-refractivity contribution in [2.45, 2.75) is 30.2 Å². The van der Waals surface area contributed by atoms with Crippen LogP contribution in [0.1, 0.15) is 40.8 Å². The van der Waals surface area contributed by atoms with Gasteiger partial charge < -0.3 is 9.84 Å². The van der Waals surface area contributed by atoms with Crippen LogP contribution in [-0.4, -0.2) is 37.7 Å². The first-order chi connectivity index (χ1) is 12.0. The molecule has 25 heavy (non-hydrogen) atoms. The van der Waals surface area contributed by atoms with Gasteiger partial charge in [0.05, 0.1) is 11.4 Å². The second-order valence-electron chi connectivity index (χ2n) is 5.62. The van der Waals surface area contributed by atoms with Crippen molar-refractivity contribution in [2.75, 3.05) is 13.2 Å². The predicted molar refractivity (Wildman–Crippen MR) is 85.0 cm³/mol. The van der Waals surface area contributed by atoms with E-state index in [0.29, 0.717) is 5.89 Å². The van der Waals surface area contributed by atoms with Crippen molar-refractivity contribution in [2.24, 2.45) is 0 Å². The summed E-state index contributed by atoms with van der Waals surface area (Å²) in [6.07, 6.45) is 2.01. The predicted octanol–water partition coefficient (Wildman–Crippen LogP) is 1.12. The van der Waals surface area contributed by atoms with E-state index < -0.39 is 22.6 Å². The number of alkyl halides is 1. The fraction of sp³-hybridized carbons (Fsp3) is 0.400. The number of nitrogens with zero attached hydrogens (tertiary/aromatic N) is 2. The molecular weight excluding hydrogens is 351 g/mol. The number of hydrogen-bond donors (Lipinski definition) is 2. The Bertz CT molecular complexity index is 864. The zero-order valence-electron chi connectivity index (χ0n) is 13.2. The molecule has 0 spiro atoms. The van der Waals surface area contributed by atoms with Crippen molar-refractivity contribution in [1.82, 2.24) is 20.2 Å². The summed E-state index contributed by atoms with van der Waals surface area (Å²) in [5.74, 6) is 0.530. The first-order valence-corrected chi connectivity index (χ1v) is 9.24. The second kappa shape index (κ2) is 7.28. The number of carbonyl (C=O) groups is 1. The van der Waals surface area contributed by atoms with Gasteiger partial charge in [-0.15, -0.1) is 0 Å². The standard InChI is InChI=1S/C15H17FN4O4S/c16-6-7-17-14(21)11-2-1-3-12(8-11)25(22,23)18-9-13-19-15(24-20-13)10-4-5-10/h1-3,8,10,18H,4-7,9H2,(H,17,21). The SMILES string of the molecule is O=C(NCCF)c1cccc(S(=O)(=O)NCc2noc(C3CC3)n2)c1. The van der Waals surface area contributed by atoms with Gasteiger partial charge in [-0.2, -0.15) is 4.98 Å². The van der Waals surface area contributed by atoms with E-state index in [4.69, 9.17) is 4.52 Å². The Morgan fingerprint density at radius 2 is 2.16 bits per heavy atom. The molecule has 1 heterocycles. The minimum Gasteiger partial charge on any atom is -0.349 e. The van der Waals surface area contributed by atoms with E-state index in [1.807, 2.05) is 0 Å². The molecule has 134 valence electrons. The quantitative estimate of drug-likeness (QED) is 0.722. The van der Waals surface area contributed by atoms with Gasteiger partial charge >= 0.3 is 0 Å². The highest BCUT2D eigenvalue weighted by atomic mass is 32.2. The summed E-state index contributed by atoms with van der Waals surface area (Å²) in [4.78, 5) is 15.9. The van der Waals surface area contributed by atoms with Crippen molar-refractivity contribution >= 4 is 15.9 Å². The van der Waals surface area contributed by atoms with E-state index >= 15 is 0 Å². The number of hydrogen-bond acceptors (Lipinski definition) is 6. The lowest BCUT2D eigenvalue weighted by molar-refractivity contribution is 0.0950. The molecule has 0 radical (unpaired) electrons. The monoisotopic (exact) mass is 368 g/mol. The van der Waals surface area contributed by atoms with Crippen LogP contribution in [0, 0.1) is 0 Å². The van der Waals surface area contributed by atoms with Gasteiger partial charge in [0.1, 0.15) is 6.67 Å². The number of sulfonamides is 1. The van der Waals surface area contributed by atoms with Crippen molar-refractivity contribution < 1.29 is 22.1 Å². The van der Waals surface area contributed by atoms with Gasteiger partial charge in [0, 0.05) is 18.0 Å². The lowest BCUT2D eigenvalue weighted by Crippen LogP contribution is -2.27. The Labute approximate surface area is 143 Å². The Balaban J connectivity index is 1.67. The summed E-state index contributed by atoms with van der Waals surface area (Å²) in [5.41, 5.74) is 0.131. The van der Waals surface area contributed by atoms with Gasteiger partial charge in [-0.3, -0.25) is 4.79 Å². The van der Waals surface area contributed by atoms with E-state index in [0.717, 1.165) is 12.8 Å². The Morgan fingerprint density at radius 1 is 1.36 bits per heavy atom. The fourth-order valence-electron chi connectivity index (χ4n) is 2.15. The highest BCUT2D eigenvalue weighted by Gasteiger charge is 2.29. The molecule has 0 atom stereocenters. The lowest BCUT2D eigenvalue weighted by atomic mass is 10.2. The molecule has 0 saturated heterocycles. The molecule has 1 aromatic carbocycles. The molecular formula is C15H17FN4O4S. The van der Waals surface area contributed by atoms with Crippen LogP contribution < -0.4 is 10.0 Å². The zero-order valence-corrected chi connectivity index (χ0v) is 14.1. The third kappa shape index (κ3) is 4.40. The Morgan fingerprint density at radius 3 is 2.88 bits per heavy atom. The summed E-state index contributed by atoms with van der Waals surface area (Å²) in [6.45, 7) is -0.940. The maximum Gasteiger partial charge on any atom is 0.251 e. The third-order valence-corrected chi connectivity index (χ3v) is 5.02. The van der Waals surface area contributed by atoms with Crippen molar-refractivity contribution in [3.63, 3.8) is 0 Å². The van der Waals surface area contributed by atoms with Crippen molar-refractivity contribution in [3.8, 4) is 0 Å². The van der Waals surface area contributed by atoms with Gasteiger partial charge in [-0.25, -0.2) is 17.5 Å². The number of nitrogens with one attached hydrogen (secondary N) is 2. The Kier molecular flexibility index (Phi) is 5.09. The molecule has 1 saturated carbocycles. The van der Waals surface area contributed by atoms with E-state index in [9.17, 15) is 17.6 Å². The lowest BCUT2D eigenvalue weighted by Gasteiger charge is -2.07. The molecule has 2 aromatic rings. The molecule has 10 heteroatoms. The second-order valence-corrected chi connectivity index (χ2v) is 7.39. The number of amides is 1. The van der Waals surface area contributed by atoms with E-state index in [2.05, 4.69) is 20.2 Å². The number of aromatic nitrogens is 2. The van der Waals surface area contributed by atoms with Gasteiger partial charge in [0.15, 0.2) is 5.82 Å². The summed E-state index contributed by atoms with van der Waals surface area (Å²) < 4.78 is 44.3. The normalized spacial score (nSPS) is 14.4. The molecule has 1 fully saturated rings. The molecule has 0 bridgehead atoms. The Hall–Kier alpha value is -2.33. The van der Waals surface area contributed by atoms with Crippen LogP contribution in [-0.2, 0) is 16.6 Å². The largest absolute Gasteiger partial charge is 0.349 e. The summed E-state index contributed by atoms with van der Waals surface area (Å²) in [6, 6.07) is 5.48. The molecule has 1 aliphatic rings. The minimum atomic E-state index is -3.86. The smallest absolute Gasteiger partial charge is 0.251 e. The number of benzene rings is 1. The summed E-state index contributed by atoms with van der Waals surface area (Å²) >= 11 is 0. The maximum atomic E-state index is 12.4. The van der Waals surface area contributed by atoms with Crippen molar-refractivity contribution in [3.05, 3.63) is 41.5 Å². The van der Waals surface area contributed by atoms with E-state index in [1.165, 1.54) is 24.3 Å². The maximum absolute atomic E-state index is 12.4. The average molecular weight is 368 g/mol. The third-order valence-electron chi connectivity index (χ3n) is 3.62. The number of carbonyl (C=O) groups excluding carboxylic acids is 1. The molecule has 8 nitrogen and oxygen atoms in total. The van der Waals surface area contributed by atoms with Gasteiger partial charge in [-0.05, 0) is 31.0 Å². The summed E-state index contributed by atoms with van der Waals surface area (Å²) in [5, 5.41) is 6.08.